The molecule has 0 amide bonds. The number of nitroso groups, excluding NO2 is 1. The van der Waals surface area contributed by atoms with Gasteiger partial charge in [0.1, 0.15) is 0 Å². The summed E-state index contributed by atoms with van der Waals surface area (Å²) in [4.78, 5) is 9.98. The van der Waals surface area contributed by atoms with Crippen molar-refractivity contribution in [3.8, 4) is 0 Å². The van der Waals surface area contributed by atoms with Crippen LogP contribution in [0, 0.1) is 4.91 Å². The lowest BCUT2D eigenvalue weighted by molar-refractivity contribution is 0.441. The summed E-state index contributed by atoms with van der Waals surface area (Å²) in [6.07, 6.45) is 2.13. The summed E-state index contributed by atoms with van der Waals surface area (Å²) in [6, 6.07) is 0.714. The van der Waals surface area contributed by atoms with Crippen molar-refractivity contribution in [1.29, 1.82) is 0 Å². The summed E-state index contributed by atoms with van der Waals surface area (Å²) >= 11 is 0. The maximum Gasteiger partial charge on any atom is 0.0964 e. The van der Waals surface area contributed by atoms with E-state index in [1.54, 1.807) is 0 Å². The number of hydrogen-bond donors (Lipinski definition) is 1. The first-order chi connectivity index (χ1) is 5.20. The van der Waals surface area contributed by atoms with Crippen molar-refractivity contribution in [2.45, 2.75) is 45.7 Å². The third kappa shape index (κ3) is 5.98. The van der Waals surface area contributed by atoms with Gasteiger partial charge in [-0.15, -0.1) is 0 Å². The number of nitrogens with zero attached hydrogens (tertiary/aromatic N) is 1. The molecule has 11 heavy (non-hydrogen) atoms. The van der Waals surface area contributed by atoms with Crippen LogP contribution >= 0.6 is 0 Å². The molecule has 0 aromatic rings. The summed E-state index contributed by atoms with van der Waals surface area (Å²) in [5.74, 6) is 0. The van der Waals surface area contributed by atoms with Crippen molar-refractivity contribution in [2.75, 3.05) is 6.54 Å². The second kappa shape index (κ2) is 6.28. The van der Waals surface area contributed by atoms with Crippen molar-refractivity contribution in [1.82, 2.24) is 5.32 Å². The van der Waals surface area contributed by atoms with Crippen molar-refractivity contribution in [2.24, 2.45) is 5.18 Å². The molecule has 0 heterocycles. The molecule has 3 nitrogen and oxygen atoms in total. The fourth-order valence-electron chi connectivity index (χ4n) is 1.14. The molecule has 3 heteroatoms. The van der Waals surface area contributed by atoms with Crippen LogP contribution in [0.4, 0.5) is 0 Å². The number of rotatable bonds is 6. The van der Waals surface area contributed by atoms with Crippen LogP contribution in [-0.4, -0.2) is 18.6 Å². The minimum atomic E-state index is 0.275. The highest BCUT2D eigenvalue weighted by molar-refractivity contribution is 4.70. The van der Waals surface area contributed by atoms with Crippen LogP contribution in [-0.2, 0) is 0 Å². The van der Waals surface area contributed by atoms with Crippen LogP contribution in [0.3, 0.4) is 0 Å². The summed E-state index contributed by atoms with van der Waals surface area (Å²) in [7, 11) is 0. The monoisotopic (exact) mass is 158 g/mol. The lowest BCUT2D eigenvalue weighted by Crippen LogP contribution is -2.36. The molecule has 0 saturated carbocycles. The average molecular weight is 158 g/mol. The Bertz CT molecular complexity index is 104. The molecule has 0 spiro atoms. The van der Waals surface area contributed by atoms with Gasteiger partial charge in [-0.3, -0.25) is 0 Å². The Morgan fingerprint density at radius 3 is 2.45 bits per heavy atom. The molecule has 1 N–H and O–H groups in total. The first kappa shape index (κ1) is 10.6. The van der Waals surface area contributed by atoms with Crippen LogP contribution in [0.15, 0.2) is 5.18 Å². The van der Waals surface area contributed by atoms with E-state index in [-0.39, 0.29) is 6.04 Å². The van der Waals surface area contributed by atoms with Gasteiger partial charge in [0.2, 0.25) is 0 Å². The van der Waals surface area contributed by atoms with Gasteiger partial charge in [-0.2, -0.15) is 4.91 Å². The predicted molar refractivity (Wildman–Crippen MR) is 47.6 cm³/mol. The Morgan fingerprint density at radius 1 is 1.45 bits per heavy atom. The van der Waals surface area contributed by atoms with E-state index >= 15 is 0 Å². The lowest BCUT2D eigenvalue weighted by atomic mass is 10.1. The van der Waals surface area contributed by atoms with Crippen LogP contribution in [0.25, 0.3) is 0 Å². The van der Waals surface area contributed by atoms with Crippen LogP contribution in [0.1, 0.15) is 33.6 Å². The third-order valence-electron chi connectivity index (χ3n) is 1.50. The molecule has 66 valence electrons. The molecule has 0 aromatic heterocycles. The number of hydrogen-bond acceptors (Lipinski definition) is 3. The maximum absolute atomic E-state index is 9.98. The Hall–Kier alpha value is -0.440. The highest BCUT2D eigenvalue weighted by atomic mass is 16.3. The van der Waals surface area contributed by atoms with Crippen LogP contribution in [0.5, 0.6) is 0 Å². The van der Waals surface area contributed by atoms with Gasteiger partial charge in [0.25, 0.3) is 0 Å². The normalized spacial score (nSPS) is 13.5. The zero-order chi connectivity index (χ0) is 8.69. The van der Waals surface area contributed by atoms with Gasteiger partial charge in [0.15, 0.2) is 0 Å². The molecular formula is C8H18N2O. The Balaban J connectivity index is 3.58. The molecular weight excluding hydrogens is 140 g/mol. The molecule has 0 rings (SSSR count). The summed E-state index contributed by atoms with van der Waals surface area (Å²) in [6.45, 7) is 6.66. The highest BCUT2D eigenvalue weighted by Crippen LogP contribution is 1.98. The molecule has 0 saturated heterocycles. The molecule has 0 aromatic carbocycles. The lowest BCUT2D eigenvalue weighted by Gasteiger charge is -2.17. The average Bonchev–Trinajstić information content (AvgIpc) is 1.87. The first-order valence-corrected chi connectivity index (χ1v) is 4.25. The van der Waals surface area contributed by atoms with Crippen molar-refractivity contribution in [3.63, 3.8) is 0 Å². The van der Waals surface area contributed by atoms with Gasteiger partial charge < -0.3 is 5.32 Å². The van der Waals surface area contributed by atoms with Gasteiger partial charge >= 0.3 is 0 Å². The second-order valence-electron chi connectivity index (χ2n) is 3.12. The SMILES string of the molecule is CCC[C@@H](CN=O)NC(C)C. The molecule has 0 aliphatic heterocycles. The zero-order valence-electron chi connectivity index (χ0n) is 7.63. The molecule has 1 atom stereocenters. The molecule has 0 radical (unpaired) electrons. The van der Waals surface area contributed by atoms with Gasteiger partial charge in [-0.25, -0.2) is 0 Å². The van der Waals surface area contributed by atoms with E-state index in [0.717, 1.165) is 12.8 Å². The Kier molecular flexibility index (Phi) is 6.03. The fourth-order valence-corrected chi connectivity index (χ4v) is 1.14. The predicted octanol–water partition coefficient (Wildman–Crippen LogP) is 1.92. The molecule has 0 aliphatic rings. The minimum Gasteiger partial charge on any atom is -0.310 e. The third-order valence-corrected chi connectivity index (χ3v) is 1.50. The van der Waals surface area contributed by atoms with Crippen molar-refractivity contribution in [3.05, 3.63) is 4.91 Å². The van der Waals surface area contributed by atoms with Gasteiger partial charge in [0.05, 0.1) is 6.54 Å². The summed E-state index contributed by atoms with van der Waals surface area (Å²) in [5.41, 5.74) is 0. The van der Waals surface area contributed by atoms with Crippen LogP contribution in [0.2, 0.25) is 0 Å². The van der Waals surface area contributed by atoms with E-state index in [2.05, 4.69) is 31.3 Å². The second-order valence-corrected chi connectivity index (χ2v) is 3.12. The van der Waals surface area contributed by atoms with Crippen molar-refractivity contribution < 1.29 is 0 Å². The van der Waals surface area contributed by atoms with E-state index in [4.69, 9.17) is 0 Å². The van der Waals surface area contributed by atoms with E-state index in [1.807, 2.05) is 0 Å². The standard InChI is InChI=1S/C8H18N2O/c1-4-5-8(6-9-11)10-7(2)3/h7-8,10H,4-6H2,1-3H3/t8-/m0/s1. The Labute approximate surface area is 68.5 Å². The van der Waals surface area contributed by atoms with E-state index in [0.29, 0.717) is 12.6 Å². The quantitative estimate of drug-likeness (QED) is 0.600. The molecule has 0 unspecified atom stereocenters. The van der Waals surface area contributed by atoms with E-state index in [9.17, 15) is 4.91 Å². The molecule has 0 bridgehead atoms. The topological polar surface area (TPSA) is 41.5 Å². The van der Waals surface area contributed by atoms with E-state index < -0.39 is 0 Å². The minimum absolute atomic E-state index is 0.275. The zero-order valence-corrected chi connectivity index (χ0v) is 7.63. The largest absolute Gasteiger partial charge is 0.310 e. The first-order valence-electron chi connectivity index (χ1n) is 4.25. The smallest absolute Gasteiger partial charge is 0.0964 e. The highest BCUT2D eigenvalue weighted by Gasteiger charge is 2.07. The molecule has 0 fully saturated rings. The van der Waals surface area contributed by atoms with Gasteiger partial charge in [-0.1, -0.05) is 32.4 Å². The fraction of sp³-hybridized carbons (Fsp3) is 1.00. The van der Waals surface area contributed by atoms with Gasteiger partial charge in [0, 0.05) is 12.1 Å². The Morgan fingerprint density at radius 2 is 2.09 bits per heavy atom. The summed E-state index contributed by atoms with van der Waals surface area (Å²) < 4.78 is 0. The van der Waals surface area contributed by atoms with Crippen LogP contribution < -0.4 is 5.32 Å². The molecule has 0 aliphatic carbocycles. The van der Waals surface area contributed by atoms with Gasteiger partial charge in [-0.05, 0) is 6.42 Å². The number of nitrogens with one attached hydrogen (secondary N) is 1. The van der Waals surface area contributed by atoms with Crippen molar-refractivity contribution >= 4 is 0 Å². The van der Waals surface area contributed by atoms with E-state index in [1.165, 1.54) is 0 Å². The maximum atomic E-state index is 9.98. The summed E-state index contributed by atoms with van der Waals surface area (Å²) in [5, 5.41) is 6.18.